The quantitative estimate of drug-likeness (QED) is 0.159. The topological polar surface area (TPSA) is 51.6 Å². The van der Waals surface area contributed by atoms with Crippen LogP contribution in [0, 0.1) is 0 Å². The van der Waals surface area contributed by atoms with Crippen LogP contribution in [0.4, 0.5) is 0 Å². The first kappa shape index (κ1) is 33.5. The highest BCUT2D eigenvalue weighted by Gasteiger charge is 2.17. The van der Waals surface area contributed by atoms with Crippen molar-refractivity contribution < 1.29 is 0 Å². The van der Waals surface area contributed by atoms with Gasteiger partial charge in [0.1, 0.15) is 0 Å². The summed E-state index contributed by atoms with van der Waals surface area (Å²) in [4.78, 5) is 20.8. The molecule has 4 nitrogen and oxygen atoms in total. The molecular weight excluding hydrogens is 705 g/mol. The molecule has 11 rings (SSSR count). The first-order valence-corrected chi connectivity index (χ1v) is 19.5. The predicted molar refractivity (Wildman–Crippen MR) is 240 cm³/mol. The van der Waals surface area contributed by atoms with Crippen LogP contribution >= 0.6 is 0 Å². The number of fused-ring (bicyclic) bond motifs is 6. The van der Waals surface area contributed by atoms with Crippen LogP contribution in [0.15, 0.2) is 206 Å². The van der Waals surface area contributed by atoms with E-state index in [2.05, 4.69) is 164 Å². The van der Waals surface area contributed by atoms with Crippen molar-refractivity contribution in [1.82, 2.24) is 19.9 Å². The van der Waals surface area contributed by atoms with Gasteiger partial charge in [-0.1, -0.05) is 176 Å². The molecule has 3 heterocycles. The van der Waals surface area contributed by atoms with E-state index in [1.807, 2.05) is 42.5 Å². The van der Waals surface area contributed by atoms with Gasteiger partial charge in [-0.2, -0.15) is 0 Å². The van der Waals surface area contributed by atoms with E-state index >= 15 is 0 Å². The van der Waals surface area contributed by atoms with E-state index in [4.69, 9.17) is 19.9 Å². The third-order valence-electron chi connectivity index (χ3n) is 11.1. The van der Waals surface area contributed by atoms with E-state index in [0.717, 1.165) is 94.3 Å². The van der Waals surface area contributed by atoms with Crippen molar-refractivity contribution in [2.45, 2.75) is 0 Å². The van der Waals surface area contributed by atoms with E-state index in [0.29, 0.717) is 5.82 Å². The third kappa shape index (κ3) is 6.05. The Kier molecular flexibility index (Phi) is 8.11. The molecule has 8 aromatic carbocycles. The number of nitrogens with zero attached hydrogens (tertiary/aromatic N) is 4. The molecule has 11 aromatic rings. The average Bonchev–Trinajstić information content (AvgIpc) is 3.31. The molecule has 4 heteroatoms. The summed E-state index contributed by atoms with van der Waals surface area (Å²) < 4.78 is 0. The highest BCUT2D eigenvalue weighted by molar-refractivity contribution is 6.20. The number of benzene rings is 8. The van der Waals surface area contributed by atoms with Crippen molar-refractivity contribution in [3.8, 4) is 67.5 Å². The lowest BCUT2D eigenvalue weighted by atomic mass is 9.94. The van der Waals surface area contributed by atoms with E-state index in [9.17, 15) is 0 Å². The van der Waals surface area contributed by atoms with Gasteiger partial charge < -0.3 is 0 Å². The van der Waals surface area contributed by atoms with E-state index in [1.165, 1.54) is 10.8 Å². The predicted octanol–water partition coefficient (Wildman–Crippen LogP) is 13.9. The Bertz CT molecular complexity index is 3250. The van der Waals surface area contributed by atoms with Gasteiger partial charge in [-0.3, -0.25) is 0 Å². The Hall–Kier alpha value is -7.82. The molecule has 0 atom stereocenters. The van der Waals surface area contributed by atoms with E-state index in [1.54, 1.807) is 0 Å². The zero-order valence-electron chi connectivity index (χ0n) is 31.4. The number of pyridine rings is 2. The molecule has 0 aliphatic heterocycles. The number of hydrogen-bond acceptors (Lipinski definition) is 4. The molecule has 0 saturated carbocycles. The van der Waals surface area contributed by atoms with Gasteiger partial charge in [-0.05, 0) is 57.6 Å². The van der Waals surface area contributed by atoms with Gasteiger partial charge in [0.2, 0.25) is 0 Å². The monoisotopic (exact) mass is 738 g/mol. The minimum absolute atomic E-state index is 0.705. The molecule has 0 N–H and O–H groups in total. The van der Waals surface area contributed by atoms with Crippen LogP contribution in [0.5, 0.6) is 0 Å². The molecule has 58 heavy (non-hydrogen) atoms. The van der Waals surface area contributed by atoms with Crippen LogP contribution in [-0.2, 0) is 0 Å². The fourth-order valence-electron chi connectivity index (χ4n) is 8.07. The van der Waals surface area contributed by atoms with Crippen LogP contribution in [0.1, 0.15) is 0 Å². The lowest BCUT2D eigenvalue weighted by Crippen LogP contribution is -1.96. The zero-order valence-corrected chi connectivity index (χ0v) is 31.4. The zero-order chi connectivity index (χ0) is 38.4. The molecule has 0 spiro atoms. The standard InChI is InChI=1S/C54H34N4/c1-4-13-37(14-5-1)49-34-50(58-54(57-49)41-17-8-3-9-18-41)38-23-20-36(21-24-38)43-28-31-48-46(33-43)45-29-26-40-27-30-47(44-25-22-35-12-10-11-19-42(35)32-44)55-53(40)51(45)52(56-48)39-15-6-2-7-16-39/h1-34H. The van der Waals surface area contributed by atoms with Crippen LogP contribution < -0.4 is 0 Å². The van der Waals surface area contributed by atoms with Crippen LogP contribution in [0.3, 0.4) is 0 Å². The SMILES string of the molecule is c1ccc(-c2cc(-c3ccc(-c4ccc5nc(-c6ccccc6)c6c(ccc7ccc(-c8ccc9ccccc9c8)nc76)c5c4)cc3)nc(-c3ccccc3)n2)cc1. The number of hydrogen-bond donors (Lipinski definition) is 0. The minimum atomic E-state index is 0.705. The summed E-state index contributed by atoms with van der Waals surface area (Å²) in [6.45, 7) is 0. The fraction of sp³-hybridized carbons (Fsp3) is 0. The van der Waals surface area contributed by atoms with Crippen molar-refractivity contribution in [1.29, 1.82) is 0 Å². The van der Waals surface area contributed by atoms with Gasteiger partial charge >= 0.3 is 0 Å². The molecular formula is C54H34N4. The third-order valence-corrected chi connectivity index (χ3v) is 11.1. The van der Waals surface area contributed by atoms with Gasteiger partial charge in [0.05, 0.1) is 33.8 Å². The lowest BCUT2D eigenvalue weighted by molar-refractivity contribution is 1.18. The molecule has 0 radical (unpaired) electrons. The van der Waals surface area contributed by atoms with E-state index in [-0.39, 0.29) is 0 Å². The van der Waals surface area contributed by atoms with Crippen molar-refractivity contribution in [3.63, 3.8) is 0 Å². The minimum Gasteiger partial charge on any atom is -0.247 e. The van der Waals surface area contributed by atoms with Gasteiger partial charge in [-0.25, -0.2) is 19.9 Å². The van der Waals surface area contributed by atoms with Crippen molar-refractivity contribution in [2.75, 3.05) is 0 Å². The molecule has 0 fully saturated rings. The summed E-state index contributed by atoms with van der Waals surface area (Å²) in [6.07, 6.45) is 0. The average molecular weight is 739 g/mol. The summed E-state index contributed by atoms with van der Waals surface area (Å²) in [5, 5.41) is 6.77. The van der Waals surface area contributed by atoms with Gasteiger partial charge in [0, 0.05) is 44.0 Å². The molecule has 0 bridgehead atoms. The first-order chi connectivity index (χ1) is 28.7. The smallest absolute Gasteiger partial charge is 0.160 e. The first-order valence-electron chi connectivity index (χ1n) is 19.5. The Morgan fingerprint density at radius 2 is 0.845 bits per heavy atom. The summed E-state index contributed by atoms with van der Waals surface area (Å²) in [5.74, 6) is 0.705. The fourth-order valence-corrected chi connectivity index (χ4v) is 8.07. The number of rotatable bonds is 6. The summed E-state index contributed by atoms with van der Waals surface area (Å²) in [7, 11) is 0. The Morgan fingerprint density at radius 1 is 0.276 bits per heavy atom. The van der Waals surface area contributed by atoms with Crippen LogP contribution in [0.25, 0.3) is 111 Å². The molecule has 0 unspecified atom stereocenters. The normalized spacial score (nSPS) is 11.4. The second-order valence-corrected chi connectivity index (χ2v) is 14.6. The van der Waals surface area contributed by atoms with Crippen LogP contribution in [0.2, 0.25) is 0 Å². The molecule has 3 aromatic heterocycles. The maximum absolute atomic E-state index is 5.39. The summed E-state index contributed by atoms with van der Waals surface area (Å²) in [5.41, 5.74) is 13.0. The lowest BCUT2D eigenvalue weighted by Gasteiger charge is -2.14. The largest absolute Gasteiger partial charge is 0.247 e. The molecule has 0 amide bonds. The highest BCUT2D eigenvalue weighted by Crippen LogP contribution is 2.39. The number of aromatic nitrogens is 4. The van der Waals surface area contributed by atoms with Gasteiger partial charge in [-0.15, -0.1) is 0 Å². The Labute approximate surface area is 335 Å². The highest BCUT2D eigenvalue weighted by atomic mass is 14.9. The molecule has 0 aliphatic carbocycles. The van der Waals surface area contributed by atoms with Crippen molar-refractivity contribution in [2.24, 2.45) is 0 Å². The maximum atomic E-state index is 5.39. The molecule has 270 valence electrons. The summed E-state index contributed by atoms with van der Waals surface area (Å²) >= 11 is 0. The molecule has 0 saturated heterocycles. The van der Waals surface area contributed by atoms with Gasteiger partial charge in [0.15, 0.2) is 5.82 Å². The maximum Gasteiger partial charge on any atom is 0.160 e. The summed E-state index contributed by atoms with van der Waals surface area (Å²) in [6, 6.07) is 72.1. The second-order valence-electron chi connectivity index (χ2n) is 14.6. The van der Waals surface area contributed by atoms with E-state index < -0.39 is 0 Å². The van der Waals surface area contributed by atoms with Gasteiger partial charge in [0.25, 0.3) is 0 Å². The van der Waals surface area contributed by atoms with Crippen molar-refractivity contribution in [3.05, 3.63) is 206 Å². The Morgan fingerprint density at radius 3 is 1.59 bits per heavy atom. The Balaban J connectivity index is 1.04. The second kappa shape index (κ2) is 14.0. The van der Waals surface area contributed by atoms with Crippen molar-refractivity contribution >= 4 is 43.4 Å². The molecule has 0 aliphatic rings. The van der Waals surface area contributed by atoms with Crippen LogP contribution in [-0.4, -0.2) is 19.9 Å².